The summed E-state index contributed by atoms with van der Waals surface area (Å²) in [5, 5.41) is 17.2. The summed E-state index contributed by atoms with van der Waals surface area (Å²) in [6, 6.07) is 6.24. The molecule has 3 amide bonds. The third-order valence-corrected chi connectivity index (χ3v) is 5.63. The standard InChI is InChI=1S/C20H29N3O5S2/c1-29-10-8-15(21-13-24)18(25)22-16(9-11-30-2)19(26)23-17(20(27)28)12-14-6-4-3-5-7-14/h3-7,13,15-17H,8-12H2,1-2H3,(H,21,24)(H,22,25)(H,23,26)(H,27,28)/t15-,16+,17-/m0/s1. The Morgan fingerprint density at radius 2 is 1.47 bits per heavy atom. The molecule has 0 radical (unpaired) electrons. The van der Waals surface area contributed by atoms with E-state index in [1.807, 2.05) is 18.6 Å². The van der Waals surface area contributed by atoms with E-state index in [4.69, 9.17) is 0 Å². The molecule has 0 fully saturated rings. The highest BCUT2D eigenvalue weighted by Gasteiger charge is 2.28. The van der Waals surface area contributed by atoms with Crippen molar-refractivity contribution < 1.29 is 24.3 Å². The molecule has 0 aliphatic rings. The molecule has 10 heteroatoms. The van der Waals surface area contributed by atoms with Crippen LogP contribution in [0.3, 0.4) is 0 Å². The monoisotopic (exact) mass is 455 g/mol. The first-order valence-corrected chi connectivity index (χ1v) is 12.3. The summed E-state index contributed by atoms with van der Waals surface area (Å²) in [5.74, 6) is -0.908. The summed E-state index contributed by atoms with van der Waals surface area (Å²) < 4.78 is 0. The van der Waals surface area contributed by atoms with Gasteiger partial charge in [-0.05, 0) is 42.4 Å². The van der Waals surface area contributed by atoms with Crippen molar-refractivity contribution in [1.82, 2.24) is 16.0 Å². The smallest absolute Gasteiger partial charge is 0.326 e. The summed E-state index contributed by atoms with van der Waals surface area (Å²) in [6.07, 6.45) is 5.13. The lowest BCUT2D eigenvalue weighted by Gasteiger charge is -2.23. The van der Waals surface area contributed by atoms with Gasteiger partial charge in [0, 0.05) is 6.42 Å². The van der Waals surface area contributed by atoms with Gasteiger partial charge in [-0.1, -0.05) is 30.3 Å². The van der Waals surface area contributed by atoms with Crippen LogP contribution in [0.5, 0.6) is 0 Å². The first kappa shape index (κ1) is 25.8. The molecule has 0 spiro atoms. The van der Waals surface area contributed by atoms with Gasteiger partial charge in [-0.3, -0.25) is 14.4 Å². The maximum atomic E-state index is 12.8. The molecule has 0 saturated carbocycles. The summed E-state index contributed by atoms with van der Waals surface area (Å²) in [7, 11) is 0. The maximum absolute atomic E-state index is 12.8. The van der Waals surface area contributed by atoms with Crippen LogP contribution in [0.4, 0.5) is 0 Å². The molecule has 166 valence electrons. The van der Waals surface area contributed by atoms with Crippen molar-refractivity contribution in [2.75, 3.05) is 24.0 Å². The van der Waals surface area contributed by atoms with Crippen LogP contribution in [0.15, 0.2) is 30.3 Å². The molecule has 1 aromatic rings. The second-order valence-electron chi connectivity index (χ2n) is 6.55. The summed E-state index contributed by atoms with van der Waals surface area (Å²) in [6.45, 7) is 0. The van der Waals surface area contributed by atoms with Crippen LogP contribution in [0.25, 0.3) is 0 Å². The second kappa shape index (κ2) is 14.7. The molecule has 8 nitrogen and oxygen atoms in total. The first-order chi connectivity index (χ1) is 14.4. The van der Waals surface area contributed by atoms with Gasteiger partial charge in [0.15, 0.2) is 0 Å². The lowest BCUT2D eigenvalue weighted by Crippen LogP contribution is -2.55. The van der Waals surface area contributed by atoms with Gasteiger partial charge < -0.3 is 21.1 Å². The van der Waals surface area contributed by atoms with Gasteiger partial charge in [0.05, 0.1) is 0 Å². The Bertz CT molecular complexity index is 690. The molecule has 0 aromatic heterocycles. The Balaban J connectivity index is 2.85. The number of hydrogen-bond acceptors (Lipinski definition) is 6. The van der Waals surface area contributed by atoms with Crippen molar-refractivity contribution in [3.8, 4) is 0 Å². The zero-order chi connectivity index (χ0) is 22.4. The molecular formula is C20H29N3O5S2. The summed E-state index contributed by atoms with van der Waals surface area (Å²) in [4.78, 5) is 47.8. The van der Waals surface area contributed by atoms with E-state index < -0.39 is 35.9 Å². The summed E-state index contributed by atoms with van der Waals surface area (Å²) in [5.41, 5.74) is 0.780. The van der Waals surface area contributed by atoms with Gasteiger partial charge in [0.2, 0.25) is 18.2 Å². The number of aliphatic carboxylic acids is 1. The van der Waals surface area contributed by atoms with Crippen LogP contribution in [-0.4, -0.2) is 71.4 Å². The number of amides is 3. The van der Waals surface area contributed by atoms with Crippen LogP contribution < -0.4 is 16.0 Å². The van der Waals surface area contributed by atoms with Gasteiger partial charge in [-0.15, -0.1) is 0 Å². The van der Waals surface area contributed by atoms with Crippen LogP contribution >= 0.6 is 23.5 Å². The van der Waals surface area contributed by atoms with E-state index in [0.29, 0.717) is 30.8 Å². The van der Waals surface area contributed by atoms with Crippen molar-refractivity contribution in [3.05, 3.63) is 35.9 Å². The number of nitrogens with one attached hydrogen (secondary N) is 3. The Morgan fingerprint density at radius 1 is 0.933 bits per heavy atom. The van der Waals surface area contributed by atoms with E-state index in [2.05, 4.69) is 16.0 Å². The van der Waals surface area contributed by atoms with E-state index in [1.165, 1.54) is 11.8 Å². The molecular weight excluding hydrogens is 426 g/mol. The zero-order valence-corrected chi connectivity index (χ0v) is 18.8. The minimum Gasteiger partial charge on any atom is -0.480 e. The van der Waals surface area contributed by atoms with Crippen LogP contribution in [0.1, 0.15) is 18.4 Å². The number of benzene rings is 1. The molecule has 0 aliphatic carbocycles. The van der Waals surface area contributed by atoms with Gasteiger partial charge in [-0.2, -0.15) is 23.5 Å². The topological polar surface area (TPSA) is 125 Å². The van der Waals surface area contributed by atoms with Crippen molar-refractivity contribution in [3.63, 3.8) is 0 Å². The molecule has 0 saturated heterocycles. The van der Waals surface area contributed by atoms with E-state index >= 15 is 0 Å². The fourth-order valence-corrected chi connectivity index (χ4v) is 3.65. The fourth-order valence-electron chi connectivity index (χ4n) is 2.71. The van der Waals surface area contributed by atoms with Gasteiger partial charge in [-0.25, -0.2) is 4.79 Å². The highest BCUT2D eigenvalue weighted by molar-refractivity contribution is 7.98. The second-order valence-corrected chi connectivity index (χ2v) is 8.52. The molecule has 30 heavy (non-hydrogen) atoms. The Kier molecular flexibility index (Phi) is 12.7. The van der Waals surface area contributed by atoms with Crippen LogP contribution in [0, 0.1) is 0 Å². The molecule has 0 bridgehead atoms. The van der Waals surface area contributed by atoms with Crippen LogP contribution in [0.2, 0.25) is 0 Å². The average molecular weight is 456 g/mol. The molecule has 0 heterocycles. The van der Waals surface area contributed by atoms with E-state index in [0.717, 1.165) is 5.56 Å². The Labute approximate surface area is 185 Å². The van der Waals surface area contributed by atoms with Crippen molar-refractivity contribution in [2.45, 2.75) is 37.4 Å². The molecule has 1 rings (SSSR count). The highest BCUT2D eigenvalue weighted by atomic mass is 32.2. The predicted molar refractivity (Wildman–Crippen MR) is 121 cm³/mol. The zero-order valence-electron chi connectivity index (χ0n) is 17.1. The number of carbonyl (C=O) groups excluding carboxylic acids is 3. The molecule has 3 atom stereocenters. The lowest BCUT2D eigenvalue weighted by molar-refractivity contribution is -0.142. The number of carboxylic acid groups (broad SMARTS) is 1. The highest BCUT2D eigenvalue weighted by Crippen LogP contribution is 2.07. The van der Waals surface area contributed by atoms with Gasteiger partial charge in [0.1, 0.15) is 18.1 Å². The van der Waals surface area contributed by atoms with E-state index in [1.54, 1.807) is 36.0 Å². The van der Waals surface area contributed by atoms with Gasteiger partial charge >= 0.3 is 5.97 Å². The maximum Gasteiger partial charge on any atom is 0.326 e. The minimum absolute atomic E-state index is 0.133. The van der Waals surface area contributed by atoms with Crippen molar-refractivity contribution in [1.29, 1.82) is 0 Å². The number of rotatable bonds is 15. The third kappa shape index (κ3) is 9.53. The molecule has 0 aliphatic heterocycles. The number of thioether (sulfide) groups is 2. The van der Waals surface area contributed by atoms with Crippen molar-refractivity contribution >= 4 is 47.7 Å². The lowest BCUT2D eigenvalue weighted by atomic mass is 10.1. The Hall–Kier alpha value is -2.20. The third-order valence-electron chi connectivity index (χ3n) is 4.34. The van der Waals surface area contributed by atoms with Crippen molar-refractivity contribution in [2.24, 2.45) is 0 Å². The average Bonchev–Trinajstić information content (AvgIpc) is 2.73. The predicted octanol–water partition coefficient (Wildman–Crippen LogP) is 0.904. The fraction of sp³-hybridized carbons (Fsp3) is 0.500. The number of hydrogen-bond donors (Lipinski definition) is 4. The van der Waals surface area contributed by atoms with E-state index in [9.17, 15) is 24.3 Å². The quantitative estimate of drug-likeness (QED) is 0.290. The minimum atomic E-state index is -1.15. The van der Waals surface area contributed by atoms with E-state index in [-0.39, 0.29) is 6.42 Å². The summed E-state index contributed by atoms with van der Waals surface area (Å²) >= 11 is 3.05. The number of carbonyl (C=O) groups is 4. The van der Waals surface area contributed by atoms with Crippen LogP contribution in [-0.2, 0) is 25.6 Å². The molecule has 4 N–H and O–H groups in total. The molecule has 0 unspecified atom stereocenters. The first-order valence-electron chi connectivity index (χ1n) is 9.48. The molecule has 1 aromatic carbocycles. The SMILES string of the molecule is CSCC[C@H](NC=O)C(=O)N[C@H](CCSC)C(=O)N[C@@H](Cc1ccccc1)C(=O)O. The Morgan fingerprint density at radius 3 is 2.00 bits per heavy atom. The largest absolute Gasteiger partial charge is 0.480 e. The number of carboxylic acids is 1. The van der Waals surface area contributed by atoms with Gasteiger partial charge in [0.25, 0.3) is 0 Å². The normalized spacial score (nSPS) is 13.5.